The number of anilines is 1. The molecule has 9 heteroatoms. The van der Waals surface area contributed by atoms with Crippen LogP contribution in [-0.2, 0) is 14.8 Å². The van der Waals surface area contributed by atoms with Gasteiger partial charge in [0.1, 0.15) is 0 Å². The fraction of sp³-hybridized carbons (Fsp3) is 0.583. The molecule has 1 atom stereocenters. The van der Waals surface area contributed by atoms with Crippen molar-refractivity contribution in [2.75, 3.05) is 25.5 Å². The lowest BCUT2D eigenvalue weighted by molar-refractivity contribution is 0.0250. The molecule has 3 rings (SSSR count). The van der Waals surface area contributed by atoms with E-state index in [0.717, 1.165) is 12.8 Å². The zero-order chi connectivity index (χ0) is 15.1. The van der Waals surface area contributed by atoms with Crippen molar-refractivity contribution in [1.29, 1.82) is 0 Å². The largest absolute Gasteiger partial charge is 0.374 e. The standard InChI is InChI=1S/C12H18N4O3S2/c1-12(4-3-6-19-12)8-14-21(17,18)10-9(13-2)15-11-16(10)5-7-20-11/h5,7,13-14H,3-4,6,8H2,1-2H3. The van der Waals surface area contributed by atoms with E-state index >= 15 is 0 Å². The number of hydrogen-bond acceptors (Lipinski definition) is 6. The van der Waals surface area contributed by atoms with Crippen LogP contribution < -0.4 is 10.0 Å². The number of hydrogen-bond donors (Lipinski definition) is 2. The first-order chi connectivity index (χ1) is 9.95. The van der Waals surface area contributed by atoms with E-state index in [-0.39, 0.29) is 11.6 Å². The third-order valence-corrected chi connectivity index (χ3v) is 5.83. The molecule has 0 aromatic carbocycles. The second-order valence-corrected chi connectivity index (χ2v) is 7.85. The molecular weight excluding hydrogens is 312 g/mol. The predicted octanol–water partition coefficient (Wildman–Crippen LogP) is 1.28. The molecule has 3 heterocycles. The van der Waals surface area contributed by atoms with Gasteiger partial charge in [-0.05, 0) is 19.8 Å². The van der Waals surface area contributed by atoms with Crippen molar-refractivity contribution >= 4 is 32.1 Å². The predicted molar refractivity (Wildman–Crippen MR) is 81.4 cm³/mol. The molecule has 0 bridgehead atoms. The highest BCUT2D eigenvalue weighted by Crippen LogP contribution is 2.27. The maximum atomic E-state index is 12.6. The van der Waals surface area contributed by atoms with Crippen molar-refractivity contribution < 1.29 is 13.2 Å². The average Bonchev–Trinajstić information content (AvgIpc) is 3.11. The van der Waals surface area contributed by atoms with Gasteiger partial charge in [0.05, 0.1) is 5.60 Å². The molecule has 21 heavy (non-hydrogen) atoms. The van der Waals surface area contributed by atoms with Crippen molar-refractivity contribution in [3.8, 4) is 0 Å². The average molecular weight is 330 g/mol. The third kappa shape index (κ3) is 2.66. The summed E-state index contributed by atoms with van der Waals surface area (Å²) in [5.74, 6) is 0.354. The van der Waals surface area contributed by atoms with Gasteiger partial charge in [0.15, 0.2) is 15.8 Å². The van der Waals surface area contributed by atoms with Gasteiger partial charge in [-0.3, -0.25) is 4.40 Å². The van der Waals surface area contributed by atoms with Crippen LogP contribution in [0.5, 0.6) is 0 Å². The number of nitrogens with one attached hydrogen (secondary N) is 2. The molecule has 7 nitrogen and oxygen atoms in total. The van der Waals surface area contributed by atoms with Crippen molar-refractivity contribution in [2.45, 2.75) is 30.4 Å². The molecule has 0 radical (unpaired) electrons. The van der Waals surface area contributed by atoms with Crippen LogP contribution in [0.3, 0.4) is 0 Å². The molecule has 1 fully saturated rings. The van der Waals surface area contributed by atoms with Gasteiger partial charge < -0.3 is 10.1 Å². The fourth-order valence-electron chi connectivity index (χ4n) is 2.48. The number of sulfonamides is 1. The summed E-state index contributed by atoms with van der Waals surface area (Å²) in [5, 5.41) is 4.79. The minimum Gasteiger partial charge on any atom is -0.374 e. The van der Waals surface area contributed by atoms with E-state index in [1.807, 2.05) is 12.3 Å². The van der Waals surface area contributed by atoms with E-state index < -0.39 is 15.6 Å². The summed E-state index contributed by atoms with van der Waals surface area (Å²) in [5.41, 5.74) is -0.425. The molecular formula is C12H18N4O3S2. The Morgan fingerprint density at radius 1 is 1.57 bits per heavy atom. The lowest BCUT2D eigenvalue weighted by Gasteiger charge is -2.23. The first kappa shape index (κ1) is 14.8. The Balaban J connectivity index is 1.90. The molecule has 1 aliphatic rings. The summed E-state index contributed by atoms with van der Waals surface area (Å²) < 4.78 is 35.1. The maximum Gasteiger partial charge on any atom is 0.260 e. The van der Waals surface area contributed by atoms with Crippen molar-refractivity contribution in [3.63, 3.8) is 0 Å². The highest BCUT2D eigenvalue weighted by molar-refractivity contribution is 7.89. The molecule has 2 N–H and O–H groups in total. The highest BCUT2D eigenvalue weighted by Gasteiger charge is 2.33. The summed E-state index contributed by atoms with van der Waals surface area (Å²) >= 11 is 1.39. The van der Waals surface area contributed by atoms with E-state index in [1.54, 1.807) is 17.6 Å². The Hall–Kier alpha value is -1.16. The molecule has 0 saturated carbocycles. The normalized spacial score (nSPS) is 23.0. The third-order valence-electron chi connectivity index (χ3n) is 3.65. The molecule has 0 aliphatic carbocycles. The van der Waals surface area contributed by atoms with Crippen molar-refractivity contribution in [2.24, 2.45) is 0 Å². The van der Waals surface area contributed by atoms with E-state index in [4.69, 9.17) is 4.74 Å². The maximum absolute atomic E-state index is 12.6. The number of fused-ring (bicyclic) bond motifs is 1. The van der Waals surface area contributed by atoms with Crippen molar-refractivity contribution in [3.05, 3.63) is 11.6 Å². The molecule has 1 saturated heterocycles. The molecule has 1 unspecified atom stereocenters. The number of ether oxygens (including phenoxy) is 1. The first-order valence-electron chi connectivity index (χ1n) is 6.72. The van der Waals surface area contributed by atoms with Gasteiger partial charge >= 0.3 is 0 Å². The minimum atomic E-state index is -3.67. The van der Waals surface area contributed by atoms with Gasteiger partial charge in [-0.15, -0.1) is 11.3 Å². The number of rotatable bonds is 5. The summed E-state index contributed by atoms with van der Waals surface area (Å²) in [7, 11) is -2.01. The number of aromatic nitrogens is 2. The molecule has 116 valence electrons. The van der Waals surface area contributed by atoms with E-state index in [1.165, 1.54) is 11.3 Å². The number of imidazole rings is 1. The topological polar surface area (TPSA) is 84.7 Å². The van der Waals surface area contributed by atoms with E-state index in [0.29, 0.717) is 17.4 Å². The van der Waals surface area contributed by atoms with Crippen LogP contribution in [-0.4, -0.2) is 43.6 Å². The lowest BCUT2D eigenvalue weighted by atomic mass is 10.0. The molecule has 2 aromatic rings. The Kier molecular flexibility index (Phi) is 3.68. The summed E-state index contributed by atoms with van der Waals surface area (Å²) in [6.45, 7) is 2.87. The number of thiazole rings is 1. The summed E-state index contributed by atoms with van der Waals surface area (Å²) in [4.78, 5) is 4.92. The monoisotopic (exact) mass is 330 g/mol. The van der Waals surface area contributed by atoms with Crippen LogP contribution in [0, 0.1) is 0 Å². The van der Waals surface area contributed by atoms with Gasteiger partial charge in [0, 0.05) is 31.8 Å². The van der Waals surface area contributed by atoms with Gasteiger partial charge in [-0.1, -0.05) is 0 Å². The first-order valence-corrected chi connectivity index (χ1v) is 9.08. The summed E-state index contributed by atoms with van der Waals surface area (Å²) in [6, 6.07) is 0. The second kappa shape index (κ2) is 5.24. The Bertz CT molecular complexity index is 744. The van der Waals surface area contributed by atoms with Gasteiger partial charge in [0.25, 0.3) is 10.0 Å². The Morgan fingerprint density at radius 2 is 2.38 bits per heavy atom. The lowest BCUT2D eigenvalue weighted by Crippen LogP contribution is -2.40. The zero-order valence-electron chi connectivity index (χ0n) is 11.9. The molecule has 1 aliphatic heterocycles. The van der Waals surface area contributed by atoms with Crippen molar-refractivity contribution in [1.82, 2.24) is 14.1 Å². The van der Waals surface area contributed by atoms with Crippen LogP contribution in [0.25, 0.3) is 4.96 Å². The highest BCUT2D eigenvalue weighted by atomic mass is 32.2. The smallest absolute Gasteiger partial charge is 0.260 e. The second-order valence-electron chi connectivity index (χ2n) is 5.30. The zero-order valence-corrected chi connectivity index (χ0v) is 13.6. The van der Waals surface area contributed by atoms with Gasteiger partial charge in [-0.2, -0.15) is 0 Å². The van der Waals surface area contributed by atoms with Gasteiger partial charge in [0.2, 0.25) is 0 Å². The minimum absolute atomic E-state index is 0.142. The Morgan fingerprint density at radius 3 is 3.05 bits per heavy atom. The fourth-order valence-corrected chi connectivity index (χ4v) is 4.69. The summed E-state index contributed by atoms with van der Waals surface area (Å²) in [6.07, 6.45) is 3.52. The van der Waals surface area contributed by atoms with Crippen LogP contribution in [0.4, 0.5) is 5.82 Å². The van der Waals surface area contributed by atoms with Crippen LogP contribution >= 0.6 is 11.3 Å². The quantitative estimate of drug-likeness (QED) is 0.863. The van der Waals surface area contributed by atoms with E-state index in [2.05, 4.69) is 15.0 Å². The van der Waals surface area contributed by atoms with Crippen LogP contribution in [0.1, 0.15) is 19.8 Å². The number of nitrogens with zero attached hydrogens (tertiary/aromatic N) is 2. The molecule has 2 aromatic heterocycles. The van der Waals surface area contributed by atoms with E-state index in [9.17, 15) is 8.42 Å². The molecule has 0 amide bonds. The molecule has 0 spiro atoms. The van der Waals surface area contributed by atoms with Gasteiger partial charge in [-0.25, -0.2) is 18.1 Å². The van der Waals surface area contributed by atoms with Crippen LogP contribution in [0.15, 0.2) is 16.6 Å². The SMILES string of the molecule is CNc1nc2sccn2c1S(=O)(=O)NCC1(C)CCCO1. The Labute approximate surface area is 127 Å². The van der Waals surface area contributed by atoms with Crippen LogP contribution in [0.2, 0.25) is 0 Å².